The first-order valence-corrected chi connectivity index (χ1v) is 13.0. The van der Waals surface area contributed by atoms with Gasteiger partial charge in [-0.3, -0.25) is 19.5 Å². The zero-order chi connectivity index (χ0) is 28.1. The normalized spacial score (nSPS) is 20.5. The molecule has 2 aromatic heterocycles. The average Bonchev–Trinajstić information content (AvgIpc) is 3.49. The van der Waals surface area contributed by atoms with E-state index in [1.54, 1.807) is 4.57 Å². The first kappa shape index (κ1) is 27.7. The zero-order valence-corrected chi connectivity index (χ0v) is 22.7. The van der Waals surface area contributed by atoms with Crippen LogP contribution in [0.4, 0.5) is 5.95 Å². The Kier molecular flexibility index (Phi) is 8.66. The fourth-order valence-electron chi connectivity index (χ4n) is 4.50. The van der Waals surface area contributed by atoms with Crippen molar-refractivity contribution in [1.29, 1.82) is 0 Å². The van der Waals surface area contributed by atoms with E-state index in [0.29, 0.717) is 17.8 Å². The lowest BCUT2D eigenvalue weighted by atomic mass is 10.1. The molecule has 1 fully saturated rings. The molecule has 0 saturated carbocycles. The number of ether oxygens (including phenoxy) is 4. The molecule has 0 aliphatic carbocycles. The van der Waals surface area contributed by atoms with Crippen LogP contribution in [0.2, 0.25) is 5.15 Å². The summed E-state index contributed by atoms with van der Waals surface area (Å²) < 4.78 is 26.1. The number of benzene rings is 2. The molecule has 1 N–H and O–H groups in total. The van der Waals surface area contributed by atoms with Crippen LogP contribution in [0.1, 0.15) is 31.2 Å². The topological polar surface area (TPSA) is 127 Å². The van der Waals surface area contributed by atoms with Crippen molar-refractivity contribution in [2.75, 3.05) is 11.9 Å². The number of carbonyl (C=O) groups is 2. The van der Waals surface area contributed by atoms with Gasteiger partial charge in [0.2, 0.25) is 11.9 Å². The Balaban J connectivity index is 1.46. The van der Waals surface area contributed by atoms with Crippen molar-refractivity contribution >= 4 is 40.6 Å². The maximum atomic E-state index is 12.2. The van der Waals surface area contributed by atoms with Gasteiger partial charge in [-0.25, -0.2) is 4.98 Å². The summed E-state index contributed by atoms with van der Waals surface area (Å²) in [6, 6.07) is 19.4. The molecule has 12 heteroatoms. The fraction of sp³-hybridized carbons (Fsp3) is 0.321. The molecule has 11 nitrogen and oxygen atoms in total. The molecule has 1 saturated heterocycles. The van der Waals surface area contributed by atoms with Gasteiger partial charge in [0.25, 0.3) is 0 Å². The highest BCUT2D eigenvalue weighted by Gasteiger charge is 2.49. The van der Waals surface area contributed by atoms with Crippen molar-refractivity contribution in [3.63, 3.8) is 0 Å². The highest BCUT2D eigenvalue weighted by atomic mass is 35.5. The summed E-state index contributed by atoms with van der Waals surface area (Å²) in [5.74, 6) is -0.858. The van der Waals surface area contributed by atoms with Gasteiger partial charge in [-0.1, -0.05) is 72.3 Å². The number of imidazole rings is 1. The Hall–Kier alpha value is -3.90. The van der Waals surface area contributed by atoms with Crippen molar-refractivity contribution < 1.29 is 28.5 Å². The zero-order valence-electron chi connectivity index (χ0n) is 21.9. The Morgan fingerprint density at radius 1 is 0.975 bits per heavy atom. The lowest BCUT2D eigenvalue weighted by Crippen LogP contribution is -2.39. The highest BCUT2D eigenvalue weighted by Crippen LogP contribution is 2.37. The van der Waals surface area contributed by atoms with Crippen LogP contribution >= 0.6 is 11.6 Å². The van der Waals surface area contributed by atoms with E-state index >= 15 is 0 Å². The number of rotatable bonds is 10. The minimum absolute atomic E-state index is 0.00778. The van der Waals surface area contributed by atoms with Gasteiger partial charge < -0.3 is 18.9 Å². The van der Waals surface area contributed by atoms with E-state index in [-0.39, 0.29) is 30.2 Å². The van der Waals surface area contributed by atoms with E-state index < -0.39 is 30.5 Å². The van der Waals surface area contributed by atoms with Crippen LogP contribution in [-0.2, 0) is 41.8 Å². The van der Waals surface area contributed by atoms with Crippen molar-refractivity contribution in [3.8, 4) is 0 Å². The smallest absolute Gasteiger partial charge is 0.303 e. The van der Waals surface area contributed by atoms with Crippen LogP contribution in [0.25, 0.3) is 11.2 Å². The highest BCUT2D eigenvalue weighted by molar-refractivity contribution is 6.33. The molecule has 0 radical (unpaired) electrons. The molecule has 4 aromatic rings. The van der Waals surface area contributed by atoms with Crippen molar-refractivity contribution in [2.45, 2.75) is 51.6 Å². The monoisotopic (exact) mass is 565 g/mol. The fourth-order valence-corrected chi connectivity index (χ4v) is 4.71. The third-order valence-corrected chi connectivity index (χ3v) is 6.47. The Bertz CT molecular complexity index is 1470. The van der Waals surface area contributed by atoms with E-state index in [2.05, 4.69) is 20.3 Å². The quantitative estimate of drug-likeness (QED) is 0.223. The summed E-state index contributed by atoms with van der Waals surface area (Å²) in [7, 11) is 0. The van der Waals surface area contributed by atoms with Crippen LogP contribution in [-0.4, -0.2) is 56.3 Å². The molecule has 1 aliphatic rings. The van der Waals surface area contributed by atoms with E-state index in [0.717, 1.165) is 11.1 Å². The first-order valence-electron chi connectivity index (χ1n) is 12.7. The number of hydrogen-bond acceptors (Lipinski definition) is 9. The van der Waals surface area contributed by atoms with E-state index in [1.165, 1.54) is 20.2 Å². The van der Waals surface area contributed by atoms with Gasteiger partial charge in [-0.05, 0) is 11.1 Å². The lowest BCUT2D eigenvalue weighted by Gasteiger charge is -2.24. The minimum atomic E-state index is -0.879. The molecule has 2 aromatic carbocycles. The number of carbonyl (C=O) groups excluding carboxylic acids is 2. The first-order chi connectivity index (χ1) is 19.4. The summed E-state index contributed by atoms with van der Waals surface area (Å²) in [6.07, 6.45) is -1.57. The number of nitrogens with zero attached hydrogens (tertiary/aromatic N) is 4. The molecule has 208 valence electrons. The Labute approximate surface area is 235 Å². The summed E-state index contributed by atoms with van der Waals surface area (Å²) >= 11 is 6.34. The van der Waals surface area contributed by atoms with Crippen LogP contribution in [0, 0.1) is 0 Å². The number of anilines is 1. The SMILES string of the molecule is CC(=O)Nc1nc(Cl)c2ncn([C@@H]3O[C@H](COCc4ccccc4)[C@H](OCc4ccccc4)[C@H]3OC(C)=O)c2n1. The molecular formula is C28H28ClN5O6. The summed E-state index contributed by atoms with van der Waals surface area (Å²) in [5, 5.41) is 2.58. The van der Waals surface area contributed by atoms with Crippen LogP contribution in [0.15, 0.2) is 67.0 Å². The second kappa shape index (κ2) is 12.5. The molecule has 0 spiro atoms. The lowest BCUT2D eigenvalue weighted by molar-refractivity contribution is -0.158. The molecule has 1 aliphatic heterocycles. The Morgan fingerprint density at radius 2 is 1.65 bits per heavy atom. The number of halogens is 1. The predicted molar refractivity (Wildman–Crippen MR) is 145 cm³/mol. The molecule has 3 heterocycles. The van der Waals surface area contributed by atoms with E-state index in [1.807, 2.05) is 60.7 Å². The molecule has 40 heavy (non-hydrogen) atoms. The van der Waals surface area contributed by atoms with Crippen molar-refractivity contribution in [1.82, 2.24) is 19.5 Å². The molecule has 5 rings (SSSR count). The van der Waals surface area contributed by atoms with E-state index in [9.17, 15) is 9.59 Å². The molecule has 1 amide bonds. The van der Waals surface area contributed by atoms with Gasteiger partial charge in [-0.15, -0.1) is 0 Å². The third-order valence-electron chi connectivity index (χ3n) is 6.21. The summed E-state index contributed by atoms with van der Waals surface area (Å²) in [5.41, 5.74) is 2.54. The minimum Gasteiger partial charge on any atom is -0.455 e. The van der Waals surface area contributed by atoms with Crippen molar-refractivity contribution in [2.24, 2.45) is 0 Å². The van der Waals surface area contributed by atoms with Gasteiger partial charge in [0.1, 0.15) is 17.7 Å². The maximum absolute atomic E-state index is 12.2. The van der Waals surface area contributed by atoms with Crippen LogP contribution in [0.3, 0.4) is 0 Å². The number of fused-ring (bicyclic) bond motifs is 1. The third kappa shape index (κ3) is 6.45. The van der Waals surface area contributed by atoms with Gasteiger partial charge >= 0.3 is 5.97 Å². The summed E-state index contributed by atoms with van der Waals surface area (Å²) in [6.45, 7) is 3.46. The van der Waals surface area contributed by atoms with Gasteiger partial charge in [0.05, 0.1) is 26.1 Å². The predicted octanol–water partition coefficient (Wildman–Crippen LogP) is 4.07. The standard InChI is InChI=1S/C28H28ClN5O6/c1-17(35)31-28-32-25(29)22-26(33-28)34(16-30-22)27-24(39-18(2)36)23(38-14-20-11-7-4-8-12-20)21(40-27)15-37-13-19-9-5-3-6-10-19/h3-12,16,21,23-24,27H,13-15H2,1-2H3,(H,31,32,33,35)/t21-,23+,24-,27-/m1/s1. The van der Waals surface area contributed by atoms with Gasteiger partial charge in [-0.2, -0.15) is 9.97 Å². The van der Waals surface area contributed by atoms with Crippen molar-refractivity contribution in [3.05, 3.63) is 83.3 Å². The summed E-state index contributed by atoms with van der Waals surface area (Å²) in [4.78, 5) is 36.7. The van der Waals surface area contributed by atoms with Gasteiger partial charge in [0.15, 0.2) is 23.1 Å². The van der Waals surface area contributed by atoms with E-state index in [4.69, 9.17) is 30.5 Å². The van der Waals surface area contributed by atoms with Crippen LogP contribution in [0.5, 0.6) is 0 Å². The van der Waals surface area contributed by atoms with Crippen LogP contribution < -0.4 is 5.32 Å². The number of amides is 1. The Morgan fingerprint density at radius 3 is 2.30 bits per heavy atom. The number of nitrogens with one attached hydrogen (secondary N) is 1. The second-order valence-corrected chi connectivity index (χ2v) is 9.60. The maximum Gasteiger partial charge on any atom is 0.303 e. The largest absolute Gasteiger partial charge is 0.455 e. The molecule has 4 atom stereocenters. The molecule has 0 unspecified atom stereocenters. The average molecular weight is 566 g/mol. The number of aromatic nitrogens is 4. The number of esters is 1. The molecule has 0 bridgehead atoms. The van der Waals surface area contributed by atoms with Gasteiger partial charge in [0, 0.05) is 13.8 Å². The number of hydrogen-bond donors (Lipinski definition) is 1. The molecular weight excluding hydrogens is 538 g/mol. The second-order valence-electron chi connectivity index (χ2n) is 9.24.